The monoisotopic (exact) mass is 392 g/mol. The molecule has 8 heteroatoms. The highest BCUT2D eigenvalue weighted by molar-refractivity contribution is 7.89. The second kappa shape index (κ2) is 8.60. The highest BCUT2D eigenvalue weighted by Gasteiger charge is 2.19. The molecule has 1 unspecified atom stereocenters. The van der Waals surface area contributed by atoms with Crippen LogP contribution in [0.15, 0.2) is 53.4 Å². The van der Waals surface area contributed by atoms with E-state index in [0.29, 0.717) is 18.7 Å². The van der Waals surface area contributed by atoms with Gasteiger partial charge in [0.25, 0.3) is 5.91 Å². The number of benzene rings is 2. The third kappa shape index (κ3) is 5.35. The van der Waals surface area contributed by atoms with Crippen LogP contribution in [-0.4, -0.2) is 33.6 Å². The van der Waals surface area contributed by atoms with E-state index in [1.165, 1.54) is 42.5 Å². The van der Waals surface area contributed by atoms with Crippen molar-refractivity contribution in [1.29, 1.82) is 0 Å². The van der Waals surface area contributed by atoms with Gasteiger partial charge in [0, 0.05) is 25.3 Å². The van der Waals surface area contributed by atoms with E-state index < -0.39 is 10.0 Å². The summed E-state index contributed by atoms with van der Waals surface area (Å²) in [7, 11) is -3.80. The van der Waals surface area contributed by atoms with Crippen LogP contribution < -0.4 is 10.0 Å². The molecule has 1 heterocycles. The first-order valence-electron chi connectivity index (χ1n) is 8.68. The Morgan fingerprint density at radius 3 is 2.67 bits per heavy atom. The zero-order valence-corrected chi connectivity index (χ0v) is 15.5. The van der Waals surface area contributed by atoms with E-state index in [1.54, 1.807) is 6.07 Å². The predicted octanol–water partition coefficient (Wildman–Crippen LogP) is 2.21. The number of nitrogens with one attached hydrogen (secondary N) is 2. The minimum atomic E-state index is -3.80. The van der Waals surface area contributed by atoms with Gasteiger partial charge in [-0.25, -0.2) is 17.5 Å². The lowest BCUT2D eigenvalue weighted by atomic mass is 10.2. The summed E-state index contributed by atoms with van der Waals surface area (Å²) >= 11 is 0. The summed E-state index contributed by atoms with van der Waals surface area (Å²) in [5.74, 6) is -0.732. The van der Waals surface area contributed by atoms with Crippen molar-refractivity contribution in [1.82, 2.24) is 10.0 Å². The molecule has 0 spiro atoms. The number of halogens is 1. The second-order valence-corrected chi connectivity index (χ2v) is 8.09. The predicted molar refractivity (Wildman–Crippen MR) is 98.2 cm³/mol. The fraction of sp³-hybridized carbons (Fsp3) is 0.316. The van der Waals surface area contributed by atoms with Gasteiger partial charge in [0.1, 0.15) is 5.82 Å². The molecule has 1 atom stereocenters. The van der Waals surface area contributed by atoms with Crippen molar-refractivity contribution < 1.29 is 22.3 Å². The molecule has 6 nitrogen and oxygen atoms in total. The fourth-order valence-corrected chi connectivity index (χ4v) is 3.85. The van der Waals surface area contributed by atoms with E-state index in [1.807, 2.05) is 0 Å². The molecule has 1 amide bonds. The van der Waals surface area contributed by atoms with Crippen molar-refractivity contribution in [3.05, 3.63) is 65.5 Å². The summed E-state index contributed by atoms with van der Waals surface area (Å²) < 4.78 is 45.8. The van der Waals surface area contributed by atoms with E-state index in [-0.39, 0.29) is 34.8 Å². The zero-order valence-electron chi connectivity index (χ0n) is 14.7. The van der Waals surface area contributed by atoms with Gasteiger partial charge < -0.3 is 10.1 Å². The Kier molecular flexibility index (Phi) is 6.20. The Hall–Kier alpha value is -2.29. The van der Waals surface area contributed by atoms with E-state index in [2.05, 4.69) is 10.0 Å². The number of amides is 1. The van der Waals surface area contributed by atoms with Gasteiger partial charge >= 0.3 is 0 Å². The molecule has 2 aromatic carbocycles. The number of carbonyl (C=O) groups excluding carboxylic acids is 1. The molecule has 2 aromatic rings. The number of carbonyl (C=O) groups is 1. The number of hydrogen-bond acceptors (Lipinski definition) is 4. The standard InChI is InChI=1S/C19H21FN2O4S/c20-16-8-6-14(7-9-16)12-22-27(24,25)18-5-1-3-15(11-18)19(23)21-13-17-4-2-10-26-17/h1,3,5-9,11,17,22H,2,4,10,12-13H2,(H,21,23). The molecule has 0 radical (unpaired) electrons. The topological polar surface area (TPSA) is 84.5 Å². The quantitative estimate of drug-likeness (QED) is 0.757. The summed E-state index contributed by atoms with van der Waals surface area (Å²) in [6.07, 6.45) is 1.90. The number of rotatable bonds is 7. The van der Waals surface area contributed by atoms with Gasteiger partial charge in [0.2, 0.25) is 10.0 Å². The number of hydrogen-bond donors (Lipinski definition) is 2. The normalized spacial score (nSPS) is 17.0. The molecule has 1 fully saturated rings. The Morgan fingerprint density at radius 1 is 1.19 bits per heavy atom. The van der Waals surface area contributed by atoms with Crippen LogP contribution in [0.25, 0.3) is 0 Å². The van der Waals surface area contributed by atoms with Crippen LogP contribution in [0.1, 0.15) is 28.8 Å². The van der Waals surface area contributed by atoms with Crippen LogP contribution >= 0.6 is 0 Å². The van der Waals surface area contributed by atoms with Crippen LogP contribution in [-0.2, 0) is 21.3 Å². The summed E-state index contributed by atoms with van der Waals surface area (Å²) in [6, 6.07) is 11.4. The highest BCUT2D eigenvalue weighted by atomic mass is 32.2. The molecule has 1 aliphatic heterocycles. The fourth-order valence-electron chi connectivity index (χ4n) is 2.78. The molecule has 0 bridgehead atoms. The molecule has 0 saturated carbocycles. The Morgan fingerprint density at radius 2 is 1.96 bits per heavy atom. The lowest BCUT2D eigenvalue weighted by Gasteiger charge is -2.12. The molecule has 2 N–H and O–H groups in total. The minimum Gasteiger partial charge on any atom is -0.376 e. The van der Waals surface area contributed by atoms with Crippen molar-refractivity contribution in [2.75, 3.05) is 13.2 Å². The van der Waals surface area contributed by atoms with Crippen LogP contribution in [0.2, 0.25) is 0 Å². The Balaban J connectivity index is 1.63. The van der Waals surface area contributed by atoms with Crippen LogP contribution in [0.5, 0.6) is 0 Å². The second-order valence-electron chi connectivity index (χ2n) is 6.32. The third-order valence-corrected chi connectivity index (χ3v) is 5.70. The van der Waals surface area contributed by atoms with E-state index in [4.69, 9.17) is 4.74 Å². The highest BCUT2D eigenvalue weighted by Crippen LogP contribution is 2.14. The summed E-state index contributed by atoms with van der Waals surface area (Å²) in [6.45, 7) is 1.13. The first-order valence-corrected chi connectivity index (χ1v) is 10.2. The molecular formula is C19H21FN2O4S. The lowest BCUT2D eigenvalue weighted by molar-refractivity contribution is 0.0857. The maximum absolute atomic E-state index is 12.9. The van der Waals surface area contributed by atoms with Gasteiger partial charge in [-0.05, 0) is 48.7 Å². The van der Waals surface area contributed by atoms with Gasteiger partial charge in [-0.15, -0.1) is 0 Å². The van der Waals surface area contributed by atoms with Gasteiger partial charge in [-0.3, -0.25) is 4.79 Å². The molecular weight excluding hydrogens is 371 g/mol. The average molecular weight is 392 g/mol. The van der Waals surface area contributed by atoms with E-state index >= 15 is 0 Å². The van der Waals surface area contributed by atoms with Crippen molar-refractivity contribution >= 4 is 15.9 Å². The van der Waals surface area contributed by atoms with Gasteiger partial charge in [0.15, 0.2) is 0 Å². The van der Waals surface area contributed by atoms with Crippen molar-refractivity contribution in [2.45, 2.75) is 30.4 Å². The summed E-state index contributed by atoms with van der Waals surface area (Å²) in [5.41, 5.74) is 0.892. The number of sulfonamides is 1. The maximum atomic E-state index is 12.9. The smallest absolute Gasteiger partial charge is 0.251 e. The zero-order chi connectivity index (χ0) is 19.3. The molecule has 0 aromatic heterocycles. The van der Waals surface area contributed by atoms with Crippen molar-refractivity contribution in [3.8, 4) is 0 Å². The maximum Gasteiger partial charge on any atom is 0.251 e. The molecule has 0 aliphatic carbocycles. The van der Waals surface area contributed by atoms with Gasteiger partial charge in [0.05, 0.1) is 11.0 Å². The average Bonchev–Trinajstić information content (AvgIpc) is 3.19. The molecule has 27 heavy (non-hydrogen) atoms. The van der Waals surface area contributed by atoms with Crippen molar-refractivity contribution in [2.24, 2.45) is 0 Å². The third-order valence-electron chi connectivity index (χ3n) is 4.30. The SMILES string of the molecule is O=C(NCC1CCCO1)c1cccc(S(=O)(=O)NCc2ccc(F)cc2)c1. The molecule has 144 valence electrons. The van der Waals surface area contributed by atoms with E-state index in [0.717, 1.165) is 12.8 Å². The van der Waals surface area contributed by atoms with E-state index in [9.17, 15) is 17.6 Å². The van der Waals surface area contributed by atoms with Gasteiger partial charge in [-0.1, -0.05) is 18.2 Å². The van der Waals surface area contributed by atoms with Crippen molar-refractivity contribution in [3.63, 3.8) is 0 Å². The summed E-state index contributed by atoms with van der Waals surface area (Å²) in [4.78, 5) is 12.3. The van der Waals surface area contributed by atoms with Crippen LogP contribution in [0.4, 0.5) is 4.39 Å². The number of ether oxygens (including phenoxy) is 1. The summed E-state index contributed by atoms with van der Waals surface area (Å²) in [5, 5.41) is 2.77. The first kappa shape index (κ1) is 19.5. The van der Waals surface area contributed by atoms with Gasteiger partial charge in [-0.2, -0.15) is 0 Å². The minimum absolute atomic E-state index is 0.00521. The first-order chi connectivity index (χ1) is 12.9. The largest absolute Gasteiger partial charge is 0.376 e. The van der Waals surface area contributed by atoms with Crippen LogP contribution in [0.3, 0.4) is 0 Å². The molecule has 1 saturated heterocycles. The molecule has 3 rings (SSSR count). The Bertz CT molecular complexity index is 894. The van der Waals surface area contributed by atoms with Crippen LogP contribution in [0, 0.1) is 5.82 Å². The Labute approximate surface area is 157 Å². The lowest BCUT2D eigenvalue weighted by Crippen LogP contribution is -2.32. The molecule has 1 aliphatic rings.